The summed E-state index contributed by atoms with van der Waals surface area (Å²) in [5, 5.41) is 10.8. The fraction of sp³-hybridized carbons (Fsp3) is 0.242. The molecule has 5 heteroatoms. The molecule has 194 valence electrons. The van der Waals surface area contributed by atoms with Crippen LogP contribution in [0.3, 0.4) is 0 Å². The monoisotopic (exact) mass is 505 g/mol. The number of ether oxygens (including phenoxy) is 1. The molecule has 0 bridgehead atoms. The van der Waals surface area contributed by atoms with Crippen molar-refractivity contribution in [2.45, 2.75) is 12.1 Å². The molecule has 1 atom stereocenters. The predicted molar refractivity (Wildman–Crippen MR) is 154 cm³/mol. The number of para-hydroxylation sites is 1. The van der Waals surface area contributed by atoms with Crippen LogP contribution in [0, 0.1) is 0 Å². The van der Waals surface area contributed by atoms with E-state index in [4.69, 9.17) is 4.74 Å². The second-order valence-electron chi connectivity index (χ2n) is 9.68. The Morgan fingerprint density at radius 1 is 0.737 bits per heavy atom. The number of benzene rings is 3. The van der Waals surface area contributed by atoms with Crippen LogP contribution in [0.2, 0.25) is 0 Å². The average Bonchev–Trinajstić information content (AvgIpc) is 2.98. The van der Waals surface area contributed by atoms with Gasteiger partial charge in [-0.25, -0.2) is 0 Å². The molecular formula is C33H35N3O2. The van der Waals surface area contributed by atoms with Gasteiger partial charge in [0, 0.05) is 50.7 Å². The second kappa shape index (κ2) is 13.2. The van der Waals surface area contributed by atoms with Gasteiger partial charge < -0.3 is 9.84 Å². The van der Waals surface area contributed by atoms with Crippen LogP contribution < -0.4 is 4.74 Å². The van der Waals surface area contributed by atoms with E-state index >= 15 is 0 Å². The highest BCUT2D eigenvalue weighted by atomic mass is 16.5. The summed E-state index contributed by atoms with van der Waals surface area (Å²) < 4.78 is 6.05. The van der Waals surface area contributed by atoms with Crippen molar-refractivity contribution in [3.8, 4) is 5.75 Å². The molecule has 0 spiro atoms. The number of hydrogen-bond donors (Lipinski definition) is 1. The van der Waals surface area contributed by atoms with Gasteiger partial charge in [0.05, 0.1) is 6.04 Å². The Morgan fingerprint density at radius 3 is 2.00 bits per heavy atom. The SMILES string of the molecule is OC(COc1ccccc1/C=C/c1ccncc1)CN1CCN(C(c2ccccc2)c2ccccc2)CC1. The highest BCUT2D eigenvalue weighted by Gasteiger charge is 2.27. The van der Waals surface area contributed by atoms with E-state index in [2.05, 4.69) is 75.4 Å². The highest BCUT2D eigenvalue weighted by molar-refractivity contribution is 5.72. The van der Waals surface area contributed by atoms with Crippen molar-refractivity contribution in [3.63, 3.8) is 0 Å². The number of nitrogens with zero attached hydrogens (tertiary/aromatic N) is 3. The van der Waals surface area contributed by atoms with Crippen LogP contribution in [0.25, 0.3) is 12.2 Å². The lowest BCUT2D eigenvalue weighted by molar-refractivity contribution is 0.0400. The Labute approximate surface area is 225 Å². The summed E-state index contributed by atoms with van der Waals surface area (Å²) in [6.45, 7) is 4.59. The van der Waals surface area contributed by atoms with Gasteiger partial charge in [-0.05, 0) is 34.9 Å². The molecule has 4 aromatic rings. The van der Waals surface area contributed by atoms with Crippen molar-refractivity contribution < 1.29 is 9.84 Å². The number of rotatable bonds is 10. The molecule has 0 aliphatic carbocycles. The maximum absolute atomic E-state index is 10.8. The van der Waals surface area contributed by atoms with Gasteiger partial charge in [-0.2, -0.15) is 0 Å². The van der Waals surface area contributed by atoms with Gasteiger partial charge in [0.1, 0.15) is 18.5 Å². The van der Waals surface area contributed by atoms with Crippen LogP contribution in [-0.2, 0) is 0 Å². The molecule has 1 aliphatic heterocycles. The maximum Gasteiger partial charge on any atom is 0.126 e. The minimum atomic E-state index is -0.558. The maximum atomic E-state index is 10.8. The number of aromatic nitrogens is 1. The third-order valence-electron chi connectivity index (χ3n) is 6.98. The van der Waals surface area contributed by atoms with Gasteiger partial charge in [-0.1, -0.05) is 91.0 Å². The number of pyridine rings is 1. The van der Waals surface area contributed by atoms with E-state index in [0.717, 1.165) is 43.1 Å². The summed E-state index contributed by atoms with van der Waals surface area (Å²) in [7, 11) is 0. The van der Waals surface area contributed by atoms with E-state index in [9.17, 15) is 5.11 Å². The molecule has 1 unspecified atom stereocenters. The Kier molecular flexibility index (Phi) is 8.95. The van der Waals surface area contributed by atoms with Gasteiger partial charge in [-0.15, -0.1) is 0 Å². The highest BCUT2D eigenvalue weighted by Crippen LogP contribution is 2.29. The fourth-order valence-electron chi connectivity index (χ4n) is 5.04. The fourth-order valence-corrected chi connectivity index (χ4v) is 5.04. The number of piperazine rings is 1. The Bertz CT molecular complexity index is 1230. The van der Waals surface area contributed by atoms with Crippen LogP contribution in [0.5, 0.6) is 5.75 Å². The van der Waals surface area contributed by atoms with E-state index in [1.807, 2.05) is 48.6 Å². The minimum absolute atomic E-state index is 0.240. The van der Waals surface area contributed by atoms with Crippen LogP contribution >= 0.6 is 0 Å². The molecule has 5 nitrogen and oxygen atoms in total. The molecule has 1 saturated heterocycles. The van der Waals surface area contributed by atoms with E-state index in [1.54, 1.807) is 12.4 Å². The molecule has 1 aliphatic rings. The van der Waals surface area contributed by atoms with Crippen molar-refractivity contribution in [2.75, 3.05) is 39.3 Å². The molecule has 1 N–H and O–H groups in total. The lowest BCUT2D eigenvalue weighted by Crippen LogP contribution is -2.50. The number of hydrogen-bond acceptors (Lipinski definition) is 5. The molecule has 5 rings (SSSR count). The standard InChI is InChI=1S/C33H35N3O2/c37-31(26-38-32-14-8-7-9-28(32)16-15-27-17-19-34-20-18-27)25-35-21-23-36(24-22-35)33(29-10-3-1-4-11-29)30-12-5-2-6-13-30/h1-20,31,33,37H,21-26H2/b16-15+. The average molecular weight is 506 g/mol. The third-order valence-corrected chi connectivity index (χ3v) is 6.98. The first-order valence-corrected chi connectivity index (χ1v) is 13.3. The van der Waals surface area contributed by atoms with E-state index in [1.165, 1.54) is 11.1 Å². The van der Waals surface area contributed by atoms with Crippen molar-refractivity contribution in [3.05, 3.63) is 132 Å². The van der Waals surface area contributed by atoms with Gasteiger partial charge in [0.2, 0.25) is 0 Å². The quantitative estimate of drug-likeness (QED) is 0.313. The molecule has 0 saturated carbocycles. The molecule has 2 heterocycles. The van der Waals surface area contributed by atoms with Gasteiger partial charge in [0.25, 0.3) is 0 Å². The first-order valence-electron chi connectivity index (χ1n) is 13.3. The largest absolute Gasteiger partial charge is 0.490 e. The molecule has 38 heavy (non-hydrogen) atoms. The van der Waals surface area contributed by atoms with Crippen LogP contribution in [0.15, 0.2) is 109 Å². The summed E-state index contributed by atoms with van der Waals surface area (Å²) in [6, 6.07) is 33.6. The minimum Gasteiger partial charge on any atom is -0.490 e. The number of aliphatic hydroxyl groups excluding tert-OH is 1. The van der Waals surface area contributed by atoms with Gasteiger partial charge >= 0.3 is 0 Å². The zero-order valence-corrected chi connectivity index (χ0v) is 21.6. The van der Waals surface area contributed by atoms with Crippen molar-refractivity contribution in [1.29, 1.82) is 0 Å². The summed E-state index contributed by atoms with van der Waals surface area (Å²) in [5.74, 6) is 0.773. The van der Waals surface area contributed by atoms with Gasteiger partial charge in [-0.3, -0.25) is 14.8 Å². The number of aliphatic hydroxyl groups is 1. The zero-order chi connectivity index (χ0) is 26.0. The molecule has 3 aromatic carbocycles. The van der Waals surface area contributed by atoms with Crippen LogP contribution in [-0.4, -0.2) is 65.3 Å². The van der Waals surface area contributed by atoms with E-state index < -0.39 is 6.10 Å². The molecular weight excluding hydrogens is 470 g/mol. The third kappa shape index (κ3) is 6.95. The molecule has 1 aromatic heterocycles. The van der Waals surface area contributed by atoms with Crippen molar-refractivity contribution in [2.24, 2.45) is 0 Å². The Morgan fingerprint density at radius 2 is 1.34 bits per heavy atom. The summed E-state index contributed by atoms with van der Waals surface area (Å²) in [5.41, 5.74) is 4.70. The summed E-state index contributed by atoms with van der Waals surface area (Å²) in [4.78, 5) is 8.95. The van der Waals surface area contributed by atoms with Gasteiger partial charge in [0.15, 0.2) is 0 Å². The topological polar surface area (TPSA) is 48.8 Å². The van der Waals surface area contributed by atoms with E-state index in [0.29, 0.717) is 6.54 Å². The first kappa shape index (κ1) is 25.9. The second-order valence-corrected chi connectivity index (χ2v) is 9.68. The predicted octanol–water partition coefficient (Wildman–Crippen LogP) is 5.40. The van der Waals surface area contributed by atoms with Crippen molar-refractivity contribution >= 4 is 12.2 Å². The molecule has 0 radical (unpaired) electrons. The van der Waals surface area contributed by atoms with Crippen molar-refractivity contribution in [1.82, 2.24) is 14.8 Å². The lowest BCUT2D eigenvalue weighted by atomic mass is 9.96. The lowest BCUT2D eigenvalue weighted by Gasteiger charge is -2.40. The Balaban J connectivity index is 1.15. The normalized spacial score (nSPS) is 15.6. The summed E-state index contributed by atoms with van der Waals surface area (Å²) in [6.07, 6.45) is 7.07. The molecule has 1 fully saturated rings. The van der Waals surface area contributed by atoms with E-state index in [-0.39, 0.29) is 12.6 Å². The van der Waals surface area contributed by atoms with Crippen LogP contribution in [0.1, 0.15) is 28.3 Å². The van der Waals surface area contributed by atoms with Crippen LogP contribution in [0.4, 0.5) is 0 Å². The summed E-state index contributed by atoms with van der Waals surface area (Å²) >= 11 is 0. The smallest absolute Gasteiger partial charge is 0.126 e. The number of β-amino-alcohol motifs (C(OH)–C–C–N with tert-alkyl or cyclic N) is 1. The zero-order valence-electron chi connectivity index (χ0n) is 21.6. The first-order chi connectivity index (χ1) is 18.8. The Hall–Kier alpha value is -3.77. The molecule has 0 amide bonds.